The Balaban J connectivity index is 1.29. The maximum atomic E-state index is 13.2. The van der Waals surface area contributed by atoms with Crippen molar-refractivity contribution >= 4 is 45.6 Å². The number of nitrogens with zero attached hydrogens (tertiary/aromatic N) is 7. The highest BCUT2D eigenvalue weighted by Gasteiger charge is 2.20. The molecule has 1 N–H and O–H groups in total. The van der Waals surface area contributed by atoms with Crippen molar-refractivity contribution in [2.75, 3.05) is 12.0 Å². The van der Waals surface area contributed by atoms with E-state index in [4.69, 9.17) is 4.98 Å². The van der Waals surface area contributed by atoms with Crippen LogP contribution in [0, 0.1) is 6.92 Å². The summed E-state index contributed by atoms with van der Waals surface area (Å²) in [6.45, 7) is 2.94. The van der Waals surface area contributed by atoms with Crippen LogP contribution in [-0.2, 0) is 6.54 Å². The summed E-state index contributed by atoms with van der Waals surface area (Å²) in [6.07, 6.45) is 7.21. The lowest BCUT2D eigenvalue weighted by molar-refractivity contribution is -0.485. The number of carbonyl (C=O) groups is 1. The van der Waals surface area contributed by atoms with Crippen molar-refractivity contribution < 1.29 is 9.49 Å². The standard InChI is InChI=1S/C24H18N8OS2/c1-15-21(35-23(28-15)16-5-4-8-25-9-16)22(33)29-19-7-3-2-6-18(19)20-11-32-17(12-34-24(32)30-20)10-31-14-26-13-27-31/h2-9,11-12,14H,10,13H2,1H3/p+1. The van der Waals surface area contributed by atoms with Crippen molar-refractivity contribution in [2.45, 2.75) is 13.5 Å². The number of rotatable bonds is 6. The molecule has 1 aromatic carbocycles. The Kier molecular flexibility index (Phi) is 5.47. The number of carbonyl (C=O) groups excluding carboxylic acids is 1. The summed E-state index contributed by atoms with van der Waals surface area (Å²) in [5.74, 6) is -0.195. The van der Waals surface area contributed by atoms with Crippen LogP contribution in [0.1, 0.15) is 21.1 Å². The van der Waals surface area contributed by atoms with E-state index in [1.165, 1.54) is 11.3 Å². The highest BCUT2D eigenvalue weighted by molar-refractivity contribution is 7.17. The molecule has 0 atom stereocenters. The van der Waals surface area contributed by atoms with Crippen LogP contribution in [0.5, 0.6) is 0 Å². The predicted octanol–water partition coefficient (Wildman–Crippen LogP) is 5.11. The van der Waals surface area contributed by atoms with E-state index < -0.39 is 0 Å². The second-order valence-corrected chi connectivity index (χ2v) is 9.69. The Bertz CT molecular complexity index is 1610. The molecule has 0 unspecified atom stereocenters. The van der Waals surface area contributed by atoms with Gasteiger partial charge in [-0.1, -0.05) is 28.3 Å². The number of aromatic nitrogens is 4. The molecule has 6 rings (SSSR count). The second kappa shape index (κ2) is 8.93. The van der Waals surface area contributed by atoms with E-state index in [0.29, 0.717) is 29.5 Å². The molecule has 0 spiro atoms. The number of thiazole rings is 2. The smallest absolute Gasteiger partial charge is 0.303 e. The number of imidazole rings is 1. The maximum absolute atomic E-state index is 13.2. The summed E-state index contributed by atoms with van der Waals surface area (Å²) in [4.78, 5) is 32.4. The van der Waals surface area contributed by atoms with Gasteiger partial charge in [0, 0.05) is 35.1 Å². The molecule has 0 saturated heterocycles. The van der Waals surface area contributed by atoms with Crippen LogP contribution in [0.15, 0.2) is 70.5 Å². The zero-order chi connectivity index (χ0) is 23.8. The van der Waals surface area contributed by atoms with Crippen molar-refractivity contribution in [1.29, 1.82) is 0 Å². The van der Waals surface area contributed by atoms with Gasteiger partial charge in [-0.15, -0.1) is 27.4 Å². The van der Waals surface area contributed by atoms with E-state index in [1.807, 2.05) is 54.2 Å². The van der Waals surface area contributed by atoms with Gasteiger partial charge < -0.3 is 5.32 Å². The van der Waals surface area contributed by atoms with Gasteiger partial charge in [0.1, 0.15) is 9.88 Å². The fourth-order valence-electron chi connectivity index (χ4n) is 3.83. The van der Waals surface area contributed by atoms with E-state index in [-0.39, 0.29) is 5.91 Å². The molecular weight excluding hydrogens is 480 g/mol. The first-order chi connectivity index (χ1) is 17.2. The van der Waals surface area contributed by atoms with Gasteiger partial charge in [0.15, 0.2) is 11.5 Å². The topological polar surface area (TPSA) is 99.9 Å². The van der Waals surface area contributed by atoms with Crippen molar-refractivity contribution in [2.24, 2.45) is 10.1 Å². The van der Waals surface area contributed by atoms with Crippen LogP contribution in [0.4, 0.5) is 5.69 Å². The molecule has 1 amide bonds. The summed E-state index contributed by atoms with van der Waals surface area (Å²) in [5, 5.41) is 10.2. The Morgan fingerprint density at radius 1 is 1.20 bits per heavy atom. The minimum Gasteiger partial charge on any atom is -0.321 e. The lowest BCUT2D eigenvalue weighted by Crippen LogP contribution is -2.12. The normalized spacial score (nSPS) is 12.9. The van der Waals surface area contributed by atoms with Crippen LogP contribution in [0.2, 0.25) is 0 Å². The summed E-state index contributed by atoms with van der Waals surface area (Å²) >= 11 is 2.93. The molecule has 5 aromatic rings. The third-order valence-corrected chi connectivity index (χ3v) is 7.61. The van der Waals surface area contributed by atoms with Crippen LogP contribution in [0.3, 0.4) is 0 Å². The van der Waals surface area contributed by atoms with Gasteiger partial charge in [-0.2, -0.15) is 0 Å². The monoisotopic (exact) mass is 499 g/mol. The number of anilines is 1. The molecule has 0 radical (unpaired) electrons. The lowest BCUT2D eigenvalue weighted by Gasteiger charge is -2.09. The average molecular weight is 500 g/mol. The number of nitrogens with one attached hydrogen (secondary N) is 1. The minimum absolute atomic E-state index is 0.195. The largest absolute Gasteiger partial charge is 0.321 e. The van der Waals surface area contributed by atoms with E-state index >= 15 is 0 Å². The molecule has 35 heavy (non-hydrogen) atoms. The average Bonchev–Trinajstić information content (AvgIpc) is 3.66. The third-order valence-electron chi connectivity index (χ3n) is 5.51. The number of aliphatic imine (C=N–C) groups is 1. The molecule has 0 saturated carbocycles. The molecule has 0 aliphatic carbocycles. The van der Waals surface area contributed by atoms with Crippen LogP contribution in [-0.4, -0.2) is 43.0 Å². The Morgan fingerprint density at radius 2 is 2.11 bits per heavy atom. The van der Waals surface area contributed by atoms with Crippen molar-refractivity contribution in [1.82, 2.24) is 19.4 Å². The summed E-state index contributed by atoms with van der Waals surface area (Å²) in [6, 6.07) is 11.5. The summed E-state index contributed by atoms with van der Waals surface area (Å²) in [7, 11) is 0. The predicted molar refractivity (Wildman–Crippen MR) is 136 cm³/mol. The molecule has 172 valence electrons. The fourth-order valence-corrected chi connectivity index (χ4v) is 5.64. The molecule has 5 heterocycles. The zero-order valence-electron chi connectivity index (χ0n) is 18.6. The lowest BCUT2D eigenvalue weighted by atomic mass is 10.1. The minimum atomic E-state index is -0.195. The summed E-state index contributed by atoms with van der Waals surface area (Å²) in [5.41, 5.74) is 4.99. The molecule has 0 bridgehead atoms. The number of benzene rings is 1. The van der Waals surface area contributed by atoms with Crippen molar-refractivity contribution in [3.05, 3.63) is 76.6 Å². The highest BCUT2D eigenvalue weighted by atomic mass is 32.1. The van der Waals surface area contributed by atoms with E-state index in [9.17, 15) is 4.79 Å². The third kappa shape index (κ3) is 4.15. The molecule has 9 nitrogen and oxygen atoms in total. The fraction of sp³-hybridized carbons (Fsp3) is 0.125. The number of hydrogen-bond donors (Lipinski definition) is 1. The van der Waals surface area contributed by atoms with E-state index in [1.54, 1.807) is 30.1 Å². The molecule has 1 aliphatic heterocycles. The quantitative estimate of drug-likeness (QED) is 0.328. The van der Waals surface area contributed by atoms with E-state index in [2.05, 4.69) is 35.2 Å². The van der Waals surface area contributed by atoms with Crippen molar-refractivity contribution in [3.63, 3.8) is 0 Å². The molecule has 1 aliphatic rings. The molecular formula is C24H19N8OS2+. The number of para-hydroxylation sites is 1. The van der Waals surface area contributed by atoms with Crippen LogP contribution >= 0.6 is 22.7 Å². The molecule has 4 aromatic heterocycles. The van der Waals surface area contributed by atoms with Gasteiger partial charge >= 0.3 is 6.34 Å². The van der Waals surface area contributed by atoms with Gasteiger partial charge in [0.25, 0.3) is 12.6 Å². The maximum Gasteiger partial charge on any atom is 0.303 e. The first kappa shape index (κ1) is 21.4. The first-order valence-corrected chi connectivity index (χ1v) is 12.5. The Hall–Kier alpha value is -4.09. The van der Waals surface area contributed by atoms with Crippen LogP contribution in [0.25, 0.3) is 26.8 Å². The molecule has 0 fully saturated rings. The van der Waals surface area contributed by atoms with Gasteiger partial charge in [0.2, 0.25) is 0 Å². The zero-order valence-corrected chi connectivity index (χ0v) is 20.3. The SMILES string of the molecule is Cc1nc(-c2cccnc2)sc1C(=O)Nc1ccccc1-c1cn2c(C[N+]3=NCN=C3)csc2n1. The highest BCUT2D eigenvalue weighted by Crippen LogP contribution is 2.32. The summed E-state index contributed by atoms with van der Waals surface area (Å²) < 4.78 is 3.89. The first-order valence-electron chi connectivity index (χ1n) is 10.8. The Labute approximate surface area is 208 Å². The number of pyridine rings is 1. The van der Waals surface area contributed by atoms with Gasteiger partial charge in [-0.05, 0) is 25.1 Å². The number of amides is 1. The van der Waals surface area contributed by atoms with Gasteiger partial charge in [0.05, 0.1) is 22.8 Å². The Morgan fingerprint density at radius 3 is 2.94 bits per heavy atom. The van der Waals surface area contributed by atoms with Gasteiger partial charge in [-0.3, -0.25) is 14.2 Å². The van der Waals surface area contributed by atoms with Crippen molar-refractivity contribution in [3.8, 4) is 21.8 Å². The second-order valence-electron chi connectivity index (χ2n) is 7.86. The van der Waals surface area contributed by atoms with Crippen LogP contribution < -0.4 is 5.32 Å². The number of azo groups is 2. The number of hydrogen-bond acceptors (Lipinski definition) is 8. The van der Waals surface area contributed by atoms with Gasteiger partial charge in [-0.25, -0.2) is 9.97 Å². The number of fused-ring (bicyclic) bond motifs is 1. The number of aryl methyl sites for hydroxylation is 1. The van der Waals surface area contributed by atoms with E-state index in [0.717, 1.165) is 32.5 Å². The molecule has 11 heteroatoms.